The third-order valence-electron chi connectivity index (χ3n) is 6.75. The highest BCUT2D eigenvalue weighted by atomic mass is 32.2. The number of rotatable bonds is 4. The molecule has 0 aromatic heterocycles. The van der Waals surface area contributed by atoms with Gasteiger partial charge >= 0.3 is 6.18 Å². The molecule has 1 saturated heterocycles. The highest BCUT2D eigenvalue weighted by Crippen LogP contribution is 2.51. The van der Waals surface area contributed by atoms with Crippen LogP contribution in [-0.4, -0.2) is 30.8 Å². The van der Waals surface area contributed by atoms with Gasteiger partial charge in [-0.2, -0.15) is 13.2 Å². The Morgan fingerprint density at radius 2 is 1.63 bits per heavy atom. The van der Waals surface area contributed by atoms with Crippen molar-refractivity contribution in [3.05, 3.63) is 83.4 Å². The summed E-state index contributed by atoms with van der Waals surface area (Å²) >= 11 is 1.62. The molecule has 2 aliphatic heterocycles. The average Bonchev–Trinajstić information content (AvgIpc) is 3.15. The summed E-state index contributed by atoms with van der Waals surface area (Å²) in [5.41, 5.74) is 9.56. The number of amidine groups is 1. The van der Waals surface area contributed by atoms with Crippen LogP contribution in [-0.2, 0) is 16.3 Å². The summed E-state index contributed by atoms with van der Waals surface area (Å²) in [5, 5.41) is 11.9. The Labute approximate surface area is 205 Å². The van der Waals surface area contributed by atoms with Crippen molar-refractivity contribution in [1.29, 1.82) is 0 Å². The molecule has 0 atom stereocenters. The van der Waals surface area contributed by atoms with Gasteiger partial charge in [0.05, 0.1) is 11.3 Å². The largest absolute Gasteiger partial charge is 0.416 e. The van der Waals surface area contributed by atoms with Gasteiger partial charge in [0.15, 0.2) is 5.84 Å². The summed E-state index contributed by atoms with van der Waals surface area (Å²) in [6.07, 6.45) is -2.58. The van der Waals surface area contributed by atoms with Gasteiger partial charge in [0, 0.05) is 35.6 Å². The van der Waals surface area contributed by atoms with Gasteiger partial charge < -0.3 is 20.0 Å². The molecule has 2 aliphatic rings. The van der Waals surface area contributed by atoms with Gasteiger partial charge in [0.1, 0.15) is 0 Å². The SMILES string of the molecule is N/C(=N\O)c1ccc(SN2CC3(CCOCC3)c3cc(-c4ccc(C(F)(F)F)cc4)ccc32)cc1. The van der Waals surface area contributed by atoms with Gasteiger partial charge in [0.2, 0.25) is 0 Å². The Morgan fingerprint density at radius 3 is 2.26 bits per heavy atom. The molecule has 0 bridgehead atoms. The lowest BCUT2D eigenvalue weighted by Crippen LogP contribution is -2.37. The van der Waals surface area contributed by atoms with E-state index in [0.717, 1.165) is 53.2 Å². The first-order chi connectivity index (χ1) is 16.8. The molecule has 9 heteroatoms. The van der Waals surface area contributed by atoms with Gasteiger partial charge in [-0.25, -0.2) is 0 Å². The lowest BCUT2D eigenvalue weighted by atomic mass is 9.75. The molecule has 3 N–H and O–H groups in total. The second kappa shape index (κ2) is 9.13. The number of alkyl halides is 3. The van der Waals surface area contributed by atoms with E-state index in [1.807, 2.05) is 30.3 Å². The van der Waals surface area contributed by atoms with Gasteiger partial charge in [-0.15, -0.1) is 0 Å². The zero-order valence-electron chi connectivity index (χ0n) is 18.8. The van der Waals surface area contributed by atoms with E-state index in [2.05, 4.69) is 21.6 Å². The molecule has 5 rings (SSSR count). The maximum atomic E-state index is 13.0. The average molecular weight is 500 g/mol. The quantitative estimate of drug-likeness (QED) is 0.151. The predicted molar refractivity (Wildman–Crippen MR) is 131 cm³/mol. The van der Waals surface area contributed by atoms with Crippen LogP contribution >= 0.6 is 11.9 Å². The molecule has 3 aromatic rings. The number of ether oxygens (including phenoxy) is 1. The van der Waals surface area contributed by atoms with Crippen molar-refractivity contribution in [3.63, 3.8) is 0 Å². The molecule has 0 radical (unpaired) electrons. The molecule has 3 aromatic carbocycles. The van der Waals surface area contributed by atoms with Gasteiger partial charge in [-0.3, -0.25) is 0 Å². The number of halogens is 3. The molecule has 5 nitrogen and oxygen atoms in total. The molecule has 0 aliphatic carbocycles. The van der Waals surface area contributed by atoms with E-state index in [4.69, 9.17) is 15.7 Å². The van der Waals surface area contributed by atoms with E-state index in [0.29, 0.717) is 18.8 Å². The second-order valence-electron chi connectivity index (χ2n) is 8.84. The molecule has 1 fully saturated rings. The van der Waals surface area contributed by atoms with E-state index >= 15 is 0 Å². The zero-order chi connectivity index (χ0) is 24.6. The molecule has 35 heavy (non-hydrogen) atoms. The Hall–Kier alpha value is -3.17. The number of nitrogens with zero attached hydrogens (tertiary/aromatic N) is 2. The monoisotopic (exact) mass is 499 g/mol. The fraction of sp³-hybridized carbons (Fsp3) is 0.269. The van der Waals surface area contributed by atoms with Crippen molar-refractivity contribution in [2.75, 3.05) is 24.1 Å². The number of fused-ring (bicyclic) bond motifs is 2. The Kier molecular flexibility index (Phi) is 6.14. The highest BCUT2D eigenvalue weighted by molar-refractivity contribution is 8.00. The normalized spacial score (nSPS) is 17.6. The number of hydrogen-bond acceptors (Lipinski definition) is 5. The van der Waals surface area contributed by atoms with Crippen LogP contribution in [0.15, 0.2) is 76.8 Å². The van der Waals surface area contributed by atoms with Crippen molar-refractivity contribution >= 4 is 23.5 Å². The van der Waals surface area contributed by atoms with E-state index in [1.54, 1.807) is 11.9 Å². The fourth-order valence-corrected chi connectivity index (χ4v) is 5.88. The molecule has 0 amide bonds. The summed E-state index contributed by atoms with van der Waals surface area (Å²) in [7, 11) is 0. The van der Waals surface area contributed by atoms with Crippen molar-refractivity contribution in [2.24, 2.45) is 10.9 Å². The number of oxime groups is 1. The molecular formula is C26H24F3N3O2S. The standard InChI is InChI=1S/C26H24F3N3O2S/c27-26(28,29)20-6-1-17(2-7-20)19-5-10-23-22(15-19)25(11-13-34-14-12-25)16-32(23)35-21-8-3-18(4-9-21)24(30)31-33/h1-10,15,33H,11-14,16H2,(H2,30,31). The minimum Gasteiger partial charge on any atom is -0.409 e. The maximum Gasteiger partial charge on any atom is 0.416 e. The fourth-order valence-electron chi connectivity index (χ4n) is 4.80. The van der Waals surface area contributed by atoms with Gasteiger partial charge in [0.25, 0.3) is 0 Å². The summed E-state index contributed by atoms with van der Waals surface area (Å²) in [5.74, 6) is 0.0602. The van der Waals surface area contributed by atoms with Crippen molar-refractivity contribution < 1.29 is 23.1 Å². The molecular weight excluding hydrogens is 475 g/mol. The summed E-state index contributed by atoms with van der Waals surface area (Å²) in [6.45, 7) is 2.17. The molecule has 2 heterocycles. The van der Waals surface area contributed by atoms with Crippen LogP contribution < -0.4 is 10.0 Å². The highest BCUT2D eigenvalue weighted by Gasteiger charge is 2.44. The van der Waals surface area contributed by atoms with Crippen LogP contribution in [0.2, 0.25) is 0 Å². The first-order valence-corrected chi connectivity index (χ1v) is 12.0. The molecule has 0 unspecified atom stereocenters. The summed E-state index contributed by atoms with van der Waals surface area (Å²) in [6, 6.07) is 19.0. The topological polar surface area (TPSA) is 71.1 Å². The number of hydrogen-bond donors (Lipinski definition) is 2. The van der Waals surface area contributed by atoms with Crippen LogP contribution in [0.5, 0.6) is 0 Å². The van der Waals surface area contributed by atoms with Gasteiger partial charge in [-0.1, -0.05) is 23.4 Å². The van der Waals surface area contributed by atoms with Crippen molar-refractivity contribution in [3.8, 4) is 11.1 Å². The smallest absolute Gasteiger partial charge is 0.409 e. The Morgan fingerprint density at radius 1 is 0.971 bits per heavy atom. The number of benzene rings is 3. The van der Waals surface area contributed by atoms with E-state index < -0.39 is 11.7 Å². The Balaban J connectivity index is 1.47. The maximum absolute atomic E-state index is 13.0. The van der Waals surface area contributed by atoms with Crippen LogP contribution in [0.4, 0.5) is 18.9 Å². The summed E-state index contributed by atoms with van der Waals surface area (Å²) in [4.78, 5) is 1.02. The third-order valence-corrected chi connectivity index (χ3v) is 7.78. The predicted octanol–water partition coefficient (Wildman–Crippen LogP) is 6.04. The first kappa shape index (κ1) is 23.6. The molecule has 182 valence electrons. The molecule has 0 saturated carbocycles. The second-order valence-corrected chi connectivity index (χ2v) is 9.93. The number of nitrogens with two attached hydrogens (primary N) is 1. The van der Waals surface area contributed by atoms with Crippen molar-refractivity contribution in [1.82, 2.24) is 0 Å². The van der Waals surface area contributed by atoms with Crippen LogP contribution in [0.25, 0.3) is 11.1 Å². The van der Waals surface area contributed by atoms with E-state index in [-0.39, 0.29) is 11.3 Å². The van der Waals surface area contributed by atoms with Crippen LogP contribution in [0, 0.1) is 0 Å². The van der Waals surface area contributed by atoms with Crippen LogP contribution in [0.3, 0.4) is 0 Å². The minimum atomic E-state index is -4.35. The van der Waals surface area contributed by atoms with Gasteiger partial charge in [-0.05, 0) is 90.0 Å². The van der Waals surface area contributed by atoms with E-state index in [9.17, 15) is 13.2 Å². The summed E-state index contributed by atoms with van der Waals surface area (Å²) < 4.78 is 46.9. The Bertz CT molecular complexity index is 1240. The minimum absolute atomic E-state index is 0.0602. The third kappa shape index (κ3) is 4.58. The lowest BCUT2D eigenvalue weighted by molar-refractivity contribution is -0.137. The lowest BCUT2D eigenvalue weighted by Gasteiger charge is -2.34. The molecule has 1 spiro atoms. The van der Waals surface area contributed by atoms with Crippen LogP contribution in [0.1, 0.15) is 29.5 Å². The first-order valence-electron chi connectivity index (χ1n) is 11.2. The number of anilines is 1. The van der Waals surface area contributed by atoms with Crippen molar-refractivity contribution in [2.45, 2.75) is 29.3 Å². The van der Waals surface area contributed by atoms with E-state index in [1.165, 1.54) is 17.7 Å². The zero-order valence-corrected chi connectivity index (χ0v) is 19.6.